The van der Waals surface area contributed by atoms with Gasteiger partial charge >= 0.3 is 0 Å². The quantitative estimate of drug-likeness (QED) is 0.844. The molecule has 2 nitrogen and oxygen atoms in total. The Hall–Kier alpha value is -1.81. The molecule has 2 aromatic rings. The SMILES string of the molecule is NC(c1ccncc1)c1cc(F)ccc1F. The van der Waals surface area contributed by atoms with Crippen molar-refractivity contribution in [2.75, 3.05) is 0 Å². The summed E-state index contributed by atoms with van der Waals surface area (Å²) < 4.78 is 26.4. The molecule has 0 aliphatic heterocycles. The minimum absolute atomic E-state index is 0.145. The summed E-state index contributed by atoms with van der Waals surface area (Å²) in [6.45, 7) is 0. The first-order valence-corrected chi connectivity index (χ1v) is 4.79. The van der Waals surface area contributed by atoms with E-state index in [-0.39, 0.29) is 5.56 Å². The first kappa shape index (κ1) is 10.7. The van der Waals surface area contributed by atoms with Gasteiger partial charge in [0.1, 0.15) is 11.6 Å². The van der Waals surface area contributed by atoms with Crippen LogP contribution in [0.2, 0.25) is 0 Å². The van der Waals surface area contributed by atoms with Crippen molar-refractivity contribution in [1.82, 2.24) is 4.98 Å². The first-order chi connectivity index (χ1) is 7.68. The molecule has 0 spiro atoms. The Kier molecular flexibility index (Phi) is 2.92. The summed E-state index contributed by atoms with van der Waals surface area (Å²) in [6, 6.07) is 5.92. The maximum absolute atomic E-state index is 13.4. The van der Waals surface area contributed by atoms with E-state index in [1.165, 1.54) is 0 Å². The monoisotopic (exact) mass is 220 g/mol. The fraction of sp³-hybridized carbons (Fsp3) is 0.0833. The third-order valence-electron chi connectivity index (χ3n) is 2.36. The number of nitrogens with two attached hydrogens (primary N) is 1. The molecule has 1 atom stereocenters. The molecular formula is C12H10F2N2. The van der Waals surface area contributed by atoms with Gasteiger partial charge in [-0.25, -0.2) is 8.78 Å². The second kappa shape index (κ2) is 4.37. The fourth-order valence-electron chi connectivity index (χ4n) is 1.50. The van der Waals surface area contributed by atoms with Crippen LogP contribution in [0.3, 0.4) is 0 Å². The predicted molar refractivity (Wildman–Crippen MR) is 56.6 cm³/mol. The zero-order valence-corrected chi connectivity index (χ0v) is 8.40. The van der Waals surface area contributed by atoms with Crippen LogP contribution in [0.1, 0.15) is 17.2 Å². The second-order valence-corrected chi connectivity index (χ2v) is 3.42. The van der Waals surface area contributed by atoms with Crippen molar-refractivity contribution >= 4 is 0 Å². The summed E-state index contributed by atoms with van der Waals surface area (Å²) in [5.74, 6) is -1.01. The second-order valence-electron chi connectivity index (χ2n) is 3.42. The Labute approximate surface area is 91.7 Å². The van der Waals surface area contributed by atoms with Gasteiger partial charge in [-0.3, -0.25) is 4.98 Å². The number of halogens is 2. The Morgan fingerprint density at radius 2 is 1.75 bits per heavy atom. The van der Waals surface area contributed by atoms with Crippen LogP contribution < -0.4 is 5.73 Å². The van der Waals surface area contributed by atoms with E-state index < -0.39 is 17.7 Å². The summed E-state index contributed by atoms with van der Waals surface area (Å²) in [4.78, 5) is 3.84. The van der Waals surface area contributed by atoms with Gasteiger partial charge in [0.25, 0.3) is 0 Å². The number of pyridine rings is 1. The average molecular weight is 220 g/mol. The van der Waals surface area contributed by atoms with Crippen LogP contribution >= 0.6 is 0 Å². The lowest BCUT2D eigenvalue weighted by molar-refractivity contribution is 0.576. The summed E-state index contributed by atoms with van der Waals surface area (Å²) in [6.07, 6.45) is 3.12. The van der Waals surface area contributed by atoms with Crippen LogP contribution in [0.25, 0.3) is 0 Å². The number of hydrogen-bond donors (Lipinski definition) is 1. The number of benzene rings is 1. The van der Waals surface area contributed by atoms with Crippen LogP contribution in [0.5, 0.6) is 0 Å². The minimum Gasteiger partial charge on any atom is -0.320 e. The Morgan fingerprint density at radius 1 is 1.06 bits per heavy atom. The van der Waals surface area contributed by atoms with E-state index in [0.29, 0.717) is 5.56 Å². The van der Waals surface area contributed by atoms with Crippen LogP contribution in [0, 0.1) is 11.6 Å². The van der Waals surface area contributed by atoms with E-state index in [2.05, 4.69) is 4.98 Å². The van der Waals surface area contributed by atoms with E-state index in [0.717, 1.165) is 18.2 Å². The topological polar surface area (TPSA) is 38.9 Å². The van der Waals surface area contributed by atoms with Crippen LogP contribution in [0.4, 0.5) is 8.78 Å². The minimum atomic E-state index is -0.682. The highest BCUT2D eigenvalue weighted by atomic mass is 19.1. The highest BCUT2D eigenvalue weighted by Crippen LogP contribution is 2.22. The van der Waals surface area contributed by atoms with Gasteiger partial charge in [0, 0.05) is 18.0 Å². The van der Waals surface area contributed by atoms with E-state index in [9.17, 15) is 8.78 Å². The molecule has 1 aromatic heterocycles. The molecule has 0 aliphatic rings. The van der Waals surface area contributed by atoms with Crippen molar-refractivity contribution in [2.24, 2.45) is 5.73 Å². The van der Waals surface area contributed by atoms with Crippen LogP contribution in [-0.4, -0.2) is 4.98 Å². The van der Waals surface area contributed by atoms with Gasteiger partial charge in [-0.1, -0.05) is 0 Å². The van der Waals surface area contributed by atoms with E-state index in [1.54, 1.807) is 24.5 Å². The van der Waals surface area contributed by atoms with Gasteiger partial charge < -0.3 is 5.73 Å². The van der Waals surface area contributed by atoms with Gasteiger partial charge in [0.05, 0.1) is 6.04 Å². The van der Waals surface area contributed by atoms with Gasteiger partial charge in [-0.2, -0.15) is 0 Å². The fourth-order valence-corrected chi connectivity index (χ4v) is 1.50. The maximum atomic E-state index is 13.4. The highest BCUT2D eigenvalue weighted by Gasteiger charge is 2.14. The molecular weight excluding hydrogens is 210 g/mol. The zero-order valence-electron chi connectivity index (χ0n) is 8.40. The Balaban J connectivity index is 2.41. The molecule has 0 saturated carbocycles. The molecule has 1 heterocycles. The lowest BCUT2D eigenvalue weighted by Gasteiger charge is -2.13. The Morgan fingerprint density at radius 3 is 2.44 bits per heavy atom. The van der Waals surface area contributed by atoms with Crippen molar-refractivity contribution in [3.63, 3.8) is 0 Å². The average Bonchev–Trinajstić information content (AvgIpc) is 2.32. The molecule has 0 bridgehead atoms. The van der Waals surface area contributed by atoms with Crippen LogP contribution in [0.15, 0.2) is 42.7 Å². The number of rotatable bonds is 2. The number of nitrogens with zero attached hydrogens (tertiary/aromatic N) is 1. The maximum Gasteiger partial charge on any atom is 0.128 e. The lowest BCUT2D eigenvalue weighted by Crippen LogP contribution is -2.13. The normalized spacial score (nSPS) is 12.4. The smallest absolute Gasteiger partial charge is 0.128 e. The van der Waals surface area contributed by atoms with Crippen LogP contribution in [-0.2, 0) is 0 Å². The molecule has 1 aromatic carbocycles. The molecule has 1 unspecified atom stereocenters. The van der Waals surface area contributed by atoms with E-state index in [4.69, 9.17) is 5.73 Å². The molecule has 4 heteroatoms. The standard InChI is InChI=1S/C12H10F2N2/c13-9-1-2-11(14)10(7-9)12(15)8-3-5-16-6-4-8/h1-7,12H,15H2. The molecule has 0 radical (unpaired) electrons. The van der Waals surface area contributed by atoms with Crippen molar-refractivity contribution in [3.05, 3.63) is 65.5 Å². The Bertz CT molecular complexity index is 486. The third kappa shape index (κ3) is 2.06. The lowest BCUT2D eigenvalue weighted by atomic mass is 10.00. The van der Waals surface area contributed by atoms with Gasteiger partial charge in [0.15, 0.2) is 0 Å². The van der Waals surface area contributed by atoms with Crippen molar-refractivity contribution < 1.29 is 8.78 Å². The largest absolute Gasteiger partial charge is 0.320 e. The molecule has 0 fully saturated rings. The molecule has 0 aliphatic carbocycles. The summed E-state index contributed by atoms with van der Waals surface area (Å²) in [5.41, 5.74) is 6.69. The highest BCUT2D eigenvalue weighted by molar-refractivity contribution is 5.31. The molecule has 82 valence electrons. The molecule has 2 N–H and O–H groups in total. The van der Waals surface area contributed by atoms with E-state index >= 15 is 0 Å². The number of aromatic nitrogens is 1. The molecule has 0 amide bonds. The third-order valence-corrected chi connectivity index (χ3v) is 2.36. The van der Waals surface area contributed by atoms with Gasteiger partial charge in [-0.15, -0.1) is 0 Å². The predicted octanol–water partition coefficient (Wildman–Crippen LogP) is 2.41. The first-order valence-electron chi connectivity index (χ1n) is 4.79. The zero-order chi connectivity index (χ0) is 11.5. The number of hydrogen-bond acceptors (Lipinski definition) is 2. The summed E-state index contributed by atoms with van der Waals surface area (Å²) in [5, 5.41) is 0. The van der Waals surface area contributed by atoms with E-state index in [1.807, 2.05) is 0 Å². The van der Waals surface area contributed by atoms with Crippen molar-refractivity contribution in [1.29, 1.82) is 0 Å². The van der Waals surface area contributed by atoms with Crippen molar-refractivity contribution in [2.45, 2.75) is 6.04 Å². The van der Waals surface area contributed by atoms with Crippen molar-refractivity contribution in [3.8, 4) is 0 Å². The molecule has 16 heavy (non-hydrogen) atoms. The molecule has 2 rings (SSSR count). The summed E-state index contributed by atoms with van der Waals surface area (Å²) >= 11 is 0. The van der Waals surface area contributed by atoms with Gasteiger partial charge in [-0.05, 0) is 35.9 Å². The summed E-state index contributed by atoms with van der Waals surface area (Å²) in [7, 11) is 0. The van der Waals surface area contributed by atoms with Gasteiger partial charge in [0.2, 0.25) is 0 Å². The molecule has 0 saturated heterocycles.